The van der Waals surface area contributed by atoms with Crippen LogP contribution in [0, 0.1) is 19.7 Å². The minimum absolute atomic E-state index is 0.320. The first-order valence-electron chi connectivity index (χ1n) is 5.07. The first-order valence-corrected chi connectivity index (χ1v) is 5.07. The summed E-state index contributed by atoms with van der Waals surface area (Å²) in [5, 5.41) is 6.40. The van der Waals surface area contributed by atoms with Crippen LogP contribution in [0.25, 0.3) is 0 Å². The first kappa shape index (κ1) is 11.3. The van der Waals surface area contributed by atoms with Gasteiger partial charge < -0.3 is 9.84 Å². The lowest BCUT2D eigenvalue weighted by Crippen LogP contribution is -2.12. The number of benzene rings is 1. The fourth-order valence-corrected chi connectivity index (χ4v) is 1.45. The molecule has 2 aromatic rings. The van der Waals surface area contributed by atoms with E-state index in [-0.39, 0.29) is 11.7 Å². The van der Waals surface area contributed by atoms with Gasteiger partial charge in [-0.25, -0.2) is 4.39 Å². The number of carbonyl (C=O) groups is 1. The average Bonchev–Trinajstić information content (AvgIpc) is 2.61. The van der Waals surface area contributed by atoms with Crippen LogP contribution in [0.3, 0.4) is 0 Å². The van der Waals surface area contributed by atoms with E-state index < -0.39 is 0 Å². The summed E-state index contributed by atoms with van der Waals surface area (Å²) < 4.78 is 17.6. The molecule has 0 fully saturated rings. The van der Waals surface area contributed by atoms with Crippen molar-refractivity contribution in [3.05, 3.63) is 47.1 Å². The molecule has 0 bridgehead atoms. The van der Waals surface area contributed by atoms with Gasteiger partial charge in [0.2, 0.25) is 0 Å². The summed E-state index contributed by atoms with van der Waals surface area (Å²) in [7, 11) is 0. The molecule has 5 heteroatoms. The SMILES string of the molecule is Cc1noc(C)c1NC(=O)c1ccc(F)cc1. The van der Waals surface area contributed by atoms with Crippen LogP contribution in [0.4, 0.5) is 10.1 Å². The summed E-state index contributed by atoms with van der Waals surface area (Å²) in [6, 6.07) is 5.32. The maximum atomic E-state index is 12.7. The molecule has 2 rings (SSSR count). The van der Waals surface area contributed by atoms with Gasteiger partial charge in [0.25, 0.3) is 5.91 Å². The minimum atomic E-state index is -0.376. The predicted molar refractivity (Wildman–Crippen MR) is 60.3 cm³/mol. The second-order valence-corrected chi connectivity index (χ2v) is 3.66. The van der Waals surface area contributed by atoms with E-state index in [1.165, 1.54) is 24.3 Å². The Kier molecular flexibility index (Phi) is 2.91. The number of halogens is 1. The number of carbonyl (C=O) groups excluding carboxylic acids is 1. The van der Waals surface area contributed by atoms with Crippen molar-refractivity contribution in [2.75, 3.05) is 5.32 Å². The number of anilines is 1. The Morgan fingerprint density at radius 3 is 2.47 bits per heavy atom. The molecule has 0 radical (unpaired) electrons. The molecule has 88 valence electrons. The summed E-state index contributed by atoms with van der Waals surface area (Å²) in [4.78, 5) is 11.8. The van der Waals surface area contributed by atoms with Gasteiger partial charge >= 0.3 is 0 Å². The molecule has 1 heterocycles. The van der Waals surface area contributed by atoms with E-state index in [0.717, 1.165) is 0 Å². The van der Waals surface area contributed by atoms with Crippen molar-refractivity contribution in [2.45, 2.75) is 13.8 Å². The third-order valence-electron chi connectivity index (χ3n) is 2.38. The standard InChI is InChI=1S/C12H11FN2O2/c1-7-11(8(2)17-15-7)14-12(16)9-3-5-10(13)6-4-9/h3-6H,1-2H3,(H,14,16). The Morgan fingerprint density at radius 1 is 1.29 bits per heavy atom. The number of nitrogens with one attached hydrogen (secondary N) is 1. The van der Waals surface area contributed by atoms with E-state index in [1.54, 1.807) is 13.8 Å². The topological polar surface area (TPSA) is 55.1 Å². The van der Waals surface area contributed by atoms with Crippen LogP contribution in [0.15, 0.2) is 28.8 Å². The largest absolute Gasteiger partial charge is 0.359 e. The Hall–Kier alpha value is -2.17. The first-order chi connectivity index (χ1) is 8.08. The highest BCUT2D eigenvalue weighted by Crippen LogP contribution is 2.19. The summed E-state index contributed by atoms with van der Waals surface area (Å²) >= 11 is 0. The minimum Gasteiger partial charge on any atom is -0.359 e. The molecule has 17 heavy (non-hydrogen) atoms. The number of aromatic nitrogens is 1. The number of nitrogens with zero attached hydrogens (tertiary/aromatic N) is 1. The average molecular weight is 234 g/mol. The molecule has 0 saturated carbocycles. The van der Waals surface area contributed by atoms with Crippen LogP contribution >= 0.6 is 0 Å². The molecule has 0 saturated heterocycles. The fourth-order valence-electron chi connectivity index (χ4n) is 1.45. The van der Waals surface area contributed by atoms with Gasteiger partial charge in [0.15, 0.2) is 5.76 Å². The lowest BCUT2D eigenvalue weighted by atomic mass is 10.2. The predicted octanol–water partition coefficient (Wildman–Crippen LogP) is 2.68. The second-order valence-electron chi connectivity index (χ2n) is 3.66. The van der Waals surface area contributed by atoms with Gasteiger partial charge in [-0.2, -0.15) is 0 Å². The number of rotatable bonds is 2. The van der Waals surface area contributed by atoms with Crippen LogP contribution in [0.5, 0.6) is 0 Å². The fraction of sp³-hybridized carbons (Fsp3) is 0.167. The smallest absolute Gasteiger partial charge is 0.255 e. The Labute approximate surface area is 97.4 Å². The van der Waals surface area contributed by atoms with Gasteiger partial charge in [-0.15, -0.1) is 0 Å². The normalized spacial score (nSPS) is 10.3. The van der Waals surface area contributed by atoms with E-state index in [9.17, 15) is 9.18 Å². The maximum Gasteiger partial charge on any atom is 0.255 e. The molecule has 0 unspecified atom stereocenters. The van der Waals surface area contributed by atoms with Gasteiger partial charge in [0.05, 0.1) is 0 Å². The Balaban J connectivity index is 2.20. The van der Waals surface area contributed by atoms with Crippen molar-refractivity contribution in [3.63, 3.8) is 0 Å². The van der Waals surface area contributed by atoms with Gasteiger partial charge in [0.1, 0.15) is 17.2 Å². The van der Waals surface area contributed by atoms with Crippen molar-refractivity contribution in [1.82, 2.24) is 5.16 Å². The van der Waals surface area contributed by atoms with Crippen LogP contribution in [0.2, 0.25) is 0 Å². The van der Waals surface area contributed by atoms with Crippen molar-refractivity contribution in [1.29, 1.82) is 0 Å². The second kappa shape index (κ2) is 4.37. The van der Waals surface area contributed by atoms with Crippen LogP contribution in [-0.4, -0.2) is 11.1 Å². The molecule has 1 N–H and O–H groups in total. The van der Waals surface area contributed by atoms with Crippen LogP contribution < -0.4 is 5.32 Å². The molecule has 1 aromatic heterocycles. The van der Waals surface area contributed by atoms with E-state index in [1.807, 2.05) is 0 Å². The number of hydrogen-bond acceptors (Lipinski definition) is 3. The van der Waals surface area contributed by atoms with Gasteiger partial charge in [-0.1, -0.05) is 5.16 Å². The summed E-state index contributed by atoms with van der Waals surface area (Å²) in [5.41, 5.74) is 1.55. The zero-order valence-corrected chi connectivity index (χ0v) is 9.45. The van der Waals surface area contributed by atoms with Crippen LogP contribution in [0.1, 0.15) is 21.8 Å². The summed E-state index contributed by atoms with van der Waals surface area (Å²) in [5.74, 6) is -0.156. The Bertz CT molecular complexity index is 527. The molecular weight excluding hydrogens is 223 g/mol. The number of hydrogen-bond donors (Lipinski definition) is 1. The molecule has 0 aliphatic rings. The third-order valence-corrected chi connectivity index (χ3v) is 2.38. The molecule has 0 spiro atoms. The maximum absolute atomic E-state index is 12.7. The number of amides is 1. The quantitative estimate of drug-likeness (QED) is 0.869. The molecule has 1 amide bonds. The van der Waals surface area contributed by atoms with Gasteiger partial charge in [0, 0.05) is 5.56 Å². The van der Waals surface area contributed by atoms with Crippen molar-refractivity contribution in [3.8, 4) is 0 Å². The molecule has 0 aliphatic carbocycles. The van der Waals surface area contributed by atoms with Crippen molar-refractivity contribution >= 4 is 11.6 Å². The number of aryl methyl sites for hydroxylation is 2. The highest BCUT2D eigenvalue weighted by molar-refractivity contribution is 6.04. The zero-order valence-electron chi connectivity index (χ0n) is 9.45. The molecular formula is C12H11FN2O2. The van der Waals surface area contributed by atoms with E-state index in [4.69, 9.17) is 4.52 Å². The summed E-state index contributed by atoms with van der Waals surface area (Å²) in [6.07, 6.45) is 0. The van der Waals surface area contributed by atoms with Crippen LogP contribution in [-0.2, 0) is 0 Å². The molecule has 4 nitrogen and oxygen atoms in total. The van der Waals surface area contributed by atoms with Crippen molar-refractivity contribution in [2.24, 2.45) is 0 Å². The summed E-state index contributed by atoms with van der Waals surface area (Å²) in [6.45, 7) is 3.44. The van der Waals surface area contributed by atoms with Gasteiger partial charge in [-0.3, -0.25) is 4.79 Å². The Morgan fingerprint density at radius 2 is 1.94 bits per heavy atom. The lowest BCUT2D eigenvalue weighted by molar-refractivity contribution is 0.102. The van der Waals surface area contributed by atoms with E-state index in [0.29, 0.717) is 22.7 Å². The zero-order chi connectivity index (χ0) is 12.4. The van der Waals surface area contributed by atoms with Gasteiger partial charge in [-0.05, 0) is 38.1 Å². The van der Waals surface area contributed by atoms with E-state index in [2.05, 4.69) is 10.5 Å². The monoisotopic (exact) mass is 234 g/mol. The third kappa shape index (κ3) is 2.33. The lowest BCUT2D eigenvalue weighted by Gasteiger charge is -2.03. The molecule has 0 atom stereocenters. The van der Waals surface area contributed by atoms with Crippen molar-refractivity contribution < 1.29 is 13.7 Å². The molecule has 1 aromatic carbocycles. The highest BCUT2D eigenvalue weighted by atomic mass is 19.1. The van der Waals surface area contributed by atoms with E-state index >= 15 is 0 Å². The molecule has 0 aliphatic heterocycles. The highest BCUT2D eigenvalue weighted by Gasteiger charge is 2.13.